The van der Waals surface area contributed by atoms with E-state index >= 15 is 0 Å². The first-order valence-electron chi connectivity index (χ1n) is 11.0. The number of aromatic nitrogens is 5. The topological polar surface area (TPSA) is 115 Å². The van der Waals surface area contributed by atoms with E-state index < -0.39 is 6.09 Å². The fourth-order valence-electron chi connectivity index (χ4n) is 3.99. The van der Waals surface area contributed by atoms with Gasteiger partial charge in [0.15, 0.2) is 5.82 Å². The molecule has 4 heterocycles. The average Bonchev–Trinajstić information content (AvgIpc) is 3.45. The van der Waals surface area contributed by atoms with Gasteiger partial charge in [-0.3, -0.25) is 14.7 Å². The molecule has 0 atom stereocenters. The van der Waals surface area contributed by atoms with E-state index in [-0.39, 0.29) is 18.6 Å². The van der Waals surface area contributed by atoms with Crippen LogP contribution in [0, 0.1) is 0 Å². The van der Waals surface area contributed by atoms with Crippen LogP contribution in [0.2, 0.25) is 0 Å². The van der Waals surface area contributed by atoms with Crippen LogP contribution in [0.4, 0.5) is 10.6 Å². The summed E-state index contributed by atoms with van der Waals surface area (Å²) in [4.78, 5) is 36.1. The molecule has 2 aliphatic rings. The Morgan fingerprint density at radius 3 is 2.82 bits per heavy atom. The van der Waals surface area contributed by atoms with E-state index in [0.29, 0.717) is 41.1 Å². The van der Waals surface area contributed by atoms with Gasteiger partial charge in [0.2, 0.25) is 0 Å². The molecule has 5 rings (SSSR count). The second-order valence-electron chi connectivity index (χ2n) is 8.55. The van der Waals surface area contributed by atoms with Gasteiger partial charge in [-0.05, 0) is 44.9 Å². The van der Waals surface area contributed by atoms with E-state index in [1.54, 1.807) is 17.3 Å². The fourth-order valence-corrected chi connectivity index (χ4v) is 3.99. The number of nitrogens with zero attached hydrogens (tertiary/aromatic N) is 6. The fraction of sp³-hybridized carbons (Fsp3) is 0.391. The summed E-state index contributed by atoms with van der Waals surface area (Å²) in [5, 5.41) is 10.7. The van der Waals surface area contributed by atoms with Gasteiger partial charge in [-0.1, -0.05) is 6.07 Å². The molecule has 10 heteroatoms. The molecule has 1 N–H and O–H groups in total. The van der Waals surface area contributed by atoms with Crippen LogP contribution in [-0.4, -0.2) is 43.8 Å². The Balaban J connectivity index is 1.49. The Hall–Kier alpha value is -3.82. The number of hydrogen-bond acceptors (Lipinski definition) is 7. The van der Waals surface area contributed by atoms with Crippen LogP contribution in [0.25, 0.3) is 11.5 Å². The van der Waals surface area contributed by atoms with Crippen molar-refractivity contribution in [3.8, 4) is 11.5 Å². The summed E-state index contributed by atoms with van der Waals surface area (Å²) in [5.74, 6) is 1.40. The monoisotopic (exact) mass is 447 g/mol. The summed E-state index contributed by atoms with van der Waals surface area (Å²) in [6, 6.07) is 7.58. The number of carbonyl (C=O) groups is 2. The molecular weight excluding hydrogens is 422 g/mol. The van der Waals surface area contributed by atoms with Crippen LogP contribution >= 0.6 is 0 Å². The summed E-state index contributed by atoms with van der Waals surface area (Å²) < 4.78 is 7.20. The van der Waals surface area contributed by atoms with E-state index in [1.165, 1.54) is 7.05 Å². The van der Waals surface area contributed by atoms with Crippen molar-refractivity contribution in [1.29, 1.82) is 0 Å². The van der Waals surface area contributed by atoms with E-state index in [9.17, 15) is 9.59 Å². The van der Waals surface area contributed by atoms with Gasteiger partial charge in [0, 0.05) is 35.8 Å². The molecule has 0 unspecified atom stereocenters. The minimum absolute atomic E-state index is 0.00858. The molecule has 2 amide bonds. The first-order valence-corrected chi connectivity index (χ1v) is 11.0. The van der Waals surface area contributed by atoms with Gasteiger partial charge in [-0.25, -0.2) is 9.78 Å². The minimum Gasteiger partial charge on any atom is -0.443 e. The number of anilines is 1. The summed E-state index contributed by atoms with van der Waals surface area (Å²) in [6.07, 6.45) is 3.25. The highest BCUT2D eigenvalue weighted by Gasteiger charge is 2.35. The summed E-state index contributed by atoms with van der Waals surface area (Å²) >= 11 is 0. The highest BCUT2D eigenvalue weighted by molar-refractivity contribution is 6.09. The van der Waals surface area contributed by atoms with Crippen LogP contribution in [-0.2, 0) is 17.9 Å². The van der Waals surface area contributed by atoms with Crippen molar-refractivity contribution in [1.82, 2.24) is 30.0 Å². The normalized spacial score (nSPS) is 15.2. The molecule has 0 saturated heterocycles. The molecule has 33 heavy (non-hydrogen) atoms. The zero-order chi connectivity index (χ0) is 23.1. The van der Waals surface area contributed by atoms with Gasteiger partial charge >= 0.3 is 6.09 Å². The third-order valence-electron chi connectivity index (χ3n) is 5.93. The summed E-state index contributed by atoms with van der Waals surface area (Å²) in [7, 11) is 1.50. The van der Waals surface area contributed by atoms with E-state index in [4.69, 9.17) is 14.7 Å². The number of fused-ring (bicyclic) bond motifs is 1. The van der Waals surface area contributed by atoms with Gasteiger partial charge in [0.25, 0.3) is 5.91 Å². The number of amides is 2. The molecule has 1 aliphatic heterocycles. The SMILES string of the molecule is CNC(=O)OCc1nc(C2CC2)cc2c1CN(c1cccc(-c3nncn3C(C)C)n1)C2=O. The maximum atomic E-state index is 13.4. The highest BCUT2D eigenvalue weighted by atomic mass is 16.5. The largest absolute Gasteiger partial charge is 0.443 e. The molecule has 0 spiro atoms. The number of pyridine rings is 2. The molecule has 3 aromatic rings. The lowest BCUT2D eigenvalue weighted by molar-refractivity contribution is 0.0995. The smallest absolute Gasteiger partial charge is 0.407 e. The number of hydrogen-bond donors (Lipinski definition) is 1. The zero-order valence-corrected chi connectivity index (χ0v) is 18.8. The van der Waals surface area contributed by atoms with Crippen LogP contribution in [0.15, 0.2) is 30.6 Å². The van der Waals surface area contributed by atoms with Crippen molar-refractivity contribution in [2.24, 2.45) is 0 Å². The molecule has 0 aromatic carbocycles. The molecule has 1 aliphatic carbocycles. The quantitative estimate of drug-likeness (QED) is 0.617. The van der Waals surface area contributed by atoms with Crippen molar-refractivity contribution in [3.63, 3.8) is 0 Å². The number of ether oxygens (including phenoxy) is 1. The molecule has 1 saturated carbocycles. The van der Waals surface area contributed by atoms with Crippen molar-refractivity contribution in [3.05, 3.63) is 53.1 Å². The molecule has 1 fully saturated rings. The lowest BCUT2D eigenvalue weighted by Gasteiger charge is -2.16. The molecule has 170 valence electrons. The molecule has 0 bridgehead atoms. The van der Waals surface area contributed by atoms with Gasteiger partial charge in [0.1, 0.15) is 24.4 Å². The Kier molecular flexibility index (Phi) is 5.27. The Morgan fingerprint density at radius 2 is 2.09 bits per heavy atom. The average molecular weight is 447 g/mol. The van der Waals surface area contributed by atoms with Crippen molar-refractivity contribution < 1.29 is 14.3 Å². The van der Waals surface area contributed by atoms with Crippen LogP contribution in [0.5, 0.6) is 0 Å². The van der Waals surface area contributed by atoms with Crippen molar-refractivity contribution >= 4 is 17.8 Å². The maximum Gasteiger partial charge on any atom is 0.407 e. The predicted molar refractivity (Wildman–Crippen MR) is 120 cm³/mol. The van der Waals surface area contributed by atoms with E-state index in [1.807, 2.05) is 36.6 Å². The first kappa shape index (κ1) is 21.0. The van der Waals surface area contributed by atoms with Crippen molar-refractivity contribution in [2.75, 3.05) is 11.9 Å². The van der Waals surface area contributed by atoms with E-state index in [2.05, 4.69) is 15.5 Å². The minimum atomic E-state index is -0.535. The number of alkyl carbamates (subject to hydrolysis) is 1. The lowest BCUT2D eigenvalue weighted by atomic mass is 10.1. The first-order chi connectivity index (χ1) is 16.0. The standard InChI is InChI=1S/C23H25N7O3/c1-13(2)30-12-25-28-21(30)17-5-4-6-20(27-17)29-10-16-15(22(29)31)9-18(14-7-8-14)26-19(16)11-33-23(32)24-3/h4-6,9,12-14H,7-8,10-11H2,1-3H3,(H,24,32). The molecule has 0 radical (unpaired) electrons. The molecular formula is C23H25N7O3. The zero-order valence-electron chi connectivity index (χ0n) is 18.8. The number of rotatable bonds is 6. The van der Waals surface area contributed by atoms with Crippen LogP contribution in [0.1, 0.15) is 66.0 Å². The maximum absolute atomic E-state index is 13.4. The van der Waals surface area contributed by atoms with Gasteiger partial charge in [-0.15, -0.1) is 10.2 Å². The van der Waals surface area contributed by atoms with Crippen LogP contribution < -0.4 is 10.2 Å². The van der Waals surface area contributed by atoms with Crippen molar-refractivity contribution in [2.45, 2.75) is 51.8 Å². The molecule has 10 nitrogen and oxygen atoms in total. The Labute approximate surface area is 191 Å². The summed E-state index contributed by atoms with van der Waals surface area (Å²) in [5.41, 5.74) is 3.50. The van der Waals surface area contributed by atoms with E-state index in [0.717, 1.165) is 24.1 Å². The van der Waals surface area contributed by atoms with Crippen LogP contribution in [0.3, 0.4) is 0 Å². The molecule has 3 aromatic heterocycles. The lowest BCUT2D eigenvalue weighted by Crippen LogP contribution is -2.24. The second kappa shape index (κ2) is 8.27. The number of carbonyl (C=O) groups excluding carboxylic acids is 2. The third-order valence-corrected chi connectivity index (χ3v) is 5.93. The second-order valence-corrected chi connectivity index (χ2v) is 8.55. The van der Waals surface area contributed by atoms with Gasteiger partial charge < -0.3 is 14.6 Å². The Bertz CT molecular complexity index is 1230. The summed E-state index contributed by atoms with van der Waals surface area (Å²) in [6.45, 7) is 4.41. The van der Waals surface area contributed by atoms with Gasteiger partial charge in [0.05, 0.1) is 12.2 Å². The Morgan fingerprint density at radius 1 is 1.27 bits per heavy atom. The van der Waals surface area contributed by atoms with Gasteiger partial charge in [-0.2, -0.15) is 0 Å². The highest BCUT2D eigenvalue weighted by Crippen LogP contribution is 2.41. The predicted octanol–water partition coefficient (Wildman–Crippen LogP) is 3.21. The number of nitrogens with one attached hydrogen (secondary N) is 1. The third kappa shape index (κ3) is 3.92.